The fourth-order valence-corrected chi connectivity index (χ4v) is 0.869. The molecule has 0 heterocycles. The van der Waals surface area contributed by atoms with Crippen molar-refractivity contribution in [2.75, 3.05) is 13.6 Å². The van der Waals surface area contributed by atoms with E-state index in [0.717, 1.165) is 13.0 Å². The van der Waals surface area contributed by atoms with Gasteiger partial charge in [0, 0.05) is 13.0 Å². The van der Waals surface area contributed by atoms with Gasteiger partial charge in [0.2, 0.25) is 0 Å². The van der Waals surface area contributed by atoms with Gasteiger partial charge in [0.05, 0.1) is 0 Å². The van der Waals surface area contributed by atoms with Gasteiger partial charge in [-0.2, -0.15) is 0 Å². The van der Waals surface area contributed by atoms with Crippen LogP contribution in [0, 0.1) is 17.3 Å². The van der Waals surface area contributed by atoms with Gasteiger partial charge in [0.1, 0.15) is 0 Å². The molecule has 0 fully saturated rings. The van der Waals surface area contributed by atoms with E-state index >= 15 is 0 Å². The van der Waals surface area contributed by atoms with E-state index in [0.29, 0.717) is 5.41 Å². The molecule has 0 aliphatic carbocycles. The molecule has 0 spiro atoms. The van der Waals surface area contributed by atoms with E-state index in [2.05, 4.69) is 31.0 Å². The first-order valence-electron chi connectivity index (χ1n) is 3.66. The smallest absolute Gasteiger partial charge is 0.0152 e. The van der Waals surface area contributed by atoms with E-state index in [4.69, 9.17) is 0 Å². The highest BCUT2D eigenvalue weighted by molar-refractivity contribution is 4.99. The maximum absolute atomic E-state index is 3.15. The Morgan fingerprint density at radius 3 is 2.40 bits per heavy atom. The van der Waals surface area contributed by atoms with Gasteiger partial charge in [0.15, 0.2) is 0 Å². The molecule has 0 amide bonds. The molecule has 0 bridgehead atoms. The van der Waals surface area contributed by atoms with Crippen LogP contribution in [0.2, 0.25) is 0 Å². The molecule has 0 aromatic rings. The summed E-state index contributed by atoms with van der Waals surface area (Å²) in [6, 6.07) is 0. The summed E-state index contributed by atoms with van der Waals surface area (Å²) in [6.45, 7) is 7.35. The van der Waals surface area contributed by atoms with E-state index in [1.807, 2.05) is 14.0 Å². The Labute approximate surface area is 64.2 Å². The molecule has 0 aliphatic rings. The van der Waals surface area contributed by atoms with Gasteiger partial charge >= 0.3 is 0 Å². The molecule has 0 atom stereocenters. The zero-order valence-corrected chi connectivity index (χ0v) is 7.41. The molecule has 0 saturated heterocycles. The summed E-state index contributed by atoms with van der Waals surface area (Å²) >= 11 is 0. The van der Waals surface area contributed by atoms with Gasteiger partial charge in [-0.3, -0.25) is 0 Å². The van der Waals surface area contributed by atoms with Crippen LogP contribution in [0.4, 0.5) is 0 Å². The van der Waals surface area contributed by atoms with Gasteiger partial charge in [-0.25, -0.2) is 0 Å². The van der Waals surface area contributed by atoms with Crippen LogP contribution < -0.4 is 5.32 Å². The van der Waals surface area contributed by atoms with Crippen LogP contribution in [-0.2, 0) is 0 Å². The monoisotopic (exact) mass is 139 g/mol. The summed E-state index contributed by atoms with van der Waals surface area (Å²) in [7, 11) is 1.97. The molecule has 0 aromatic heterocycles. The highest BCUT2D eigenvalue weighted by Gasteiger charge is 2.13. The van der Waals surface area contributed by atoms with E-state index in [1.165, 1.54) is 0 Å². The molecular weight excluding hydrogens is 122 g/mol. The largest absolute Gasteiger partial charge is 0.319 e. The quantitative estimate of drug-likeness (QED) is 0.586. The Balaban J connectivity index is 3.70. The van der Waals surface area contributed by atoms with Crippen molar-refractivity contribution in [2.24, 2.45) is 5.41 Å². The van der Waals surface area contributed by atoms with Crippen molar-refractivity contribution in [1.82, 2.24) is 5.32 Å². The summed E-state index contributed by atoms with van der Waals surface area (Å²) in [6.07, 6.45) is 0.977. The summed E-state index contributed by atoms with van der Waals surface area (Å²) in [4.78, 5) is 0. The zero-order valence-electron chi connectivity index (χ0n) is 7.41. The predicted octanol–water partition coefficient (Wildman–Crippen LogP) is 1.65. The average molecular weight is 139 g/mol. The van der Waals surface area contributed by atoms with Gasteiger partial charge in [-0.1, -0.05) is 13.8 Å². The second-order valence-corrected chi connectivity index (χ2v) is 3.30. The van der Waals surface area contributed by atoms with Crippen LogP contribution in [0.25, 0.3) is 0 Å². The van der Waals surface area contributed by atoms with Gasteiger partial charge in [0.25, 0.3) is 0 Å². The fraction of sp³-hybridized carbons (Fsp3) is 0.778. The second-order valence-electron chi connectivity index (χ2n) is 3.30. The van der Waals surface area contributed by atoms with Crippen LogP contribution in [-0.4, -0.2) is 13.6 Å². The molecule has 1 heteroatoms. The van der Waals surface area contributed by atoms with Crippen molar-refractivity contribution in [3.8, 4) is 11.8 Å². The first kappa shape index (κ1) is 9.52. The van der Waals surface area contributed by atoms with Crippen LogP contribution >= 0.6 is 0 Å². The standard InChI is InChI=1S/C9H17N/c1-5-6-7-9(2,3)8-10-4/h10H,7-8H2,1-4H3. The maximum Gasteiger partial charge on any atom is 0.0152 e. The second kappa shape index (κ2) is 4.35. The number of hydrogen-bond acceptors (Lipinski definition) is 1. The first-order valence-corrected chi connectivity index (χ1v) is 3.66. The molecule has 0 aromatic carbocycles. The molecule has 1 N–H and O–H groups in total. The molecule has 10 heavy (non-hydrogen) atoms. The highest BCUT2D eigenvalue weighted by Crippen LogP contribution is 2.17. The lowest BCUT2D eigenvalue weighted by atomic mass is 9.90. The van der Waals surface area contributed by atoms with Crippen molar-refractivity contribution in [2.45, 2.75) is 27.2 Å². The third kappa shape index (κ3) is 4.40. The van der Waals surface area contributed by atoms with Crippen molar-refractivity contribution >= 4 is 0 Å². The Bertz CT molecular complexity index is 137. The normalized spacial score (nSPS) is 10.4. The topological polar surface area (TPSA) is 12.0 Å². The molecule has 0 rings (SSSR count). The van der Waals surface area contributed by atoms with Gasteiger partial charge in [-0.15, -0.1) is 11.8 Å². The Hall–Kier alpha value is -0.480. The Morgan fingerprint density at radius 1 is 1.40 bits per heavy atom. The third-order valence-electron chi connectivity index (χ3n) is 1.40. The highest BCUT2D eigenvalue weighted by atomic mass is 14.8. The molecular formula is C9H17N. The Morgan fingerprint density at radius 2 is 2.00 bits per heavy atom. The molecule has 0 aliphatic heterocycles. The lowest BCUT2D eigenvalue weighted by Gasteiger charge is -2.20. The van der Waals surface area contributed by atoms with Crippen LogP contribution in [0.1, 0.15) is 27.2 Å². The molecule has 1 nitrogen and oxygen atoms in total. The van der Waals surface area contributed by atoms with Gasteiger partial charge < -0.3 is 5.32 Å². The van der Waals surface area contributed by atoms with Crippen LogP contribution in [0.3, 0.4) is 0 Å². The van der Waals surface area contributed by atoms with Crippen molar-refractivity contribution < 1.29 is 0 Å². The number of rotatable bonds is 3. The van der Waals surface area contributed by atoms with Crippen molar-refractivity contribution in [1.29, 1.82) is 0 Å². The minimum absolute atomic E-state index is 0.317. The third-order valence-corrected chi connectivity index (χ3v) is 1.40. The summed E-state index contributed by atoms with van der Waals surface area (Å²) in [5.41, 5.74) is 0.317. The lowest BCUT2D eigenvalue weighted by Crippen LogP contribution is -2.26. The molecule has 58 valence electrons. The molecule has 0 unspecified atom stereocenters. The minimum Gasteiger partial charge on any atom is -0.319 e. The summed E-state index contributed by atoms with van der Waals surface area (Å²) in [5.74, 6) is 5.99. The van der Waals surface area contributed by atoms with E-state index < -0.39 is 0 Å². The van der Waals surface area contributed by atoms with Crippen molar-refractivity contribution in [3.63, 3.8) is 0 Å². The average Bonchev–Trinajstić information content (AvgIpc) is 1.84. The first-order chi connectivity index (χ1) is 4.62. The SMILES string of the molecule is CC#CCC(C)(C)CNC. The minimum atomic E-state index is 0.317. The van der Waals surface area contributed by atoms with E-state index in [9.17, 15) is 0 Å². The number of nitrogens with one attached hydrogen (secondary N) is 1. The van der Waals surface area contributed by atoms with Crippen LogP contribution in [0.15, 0.2) is 0 Å². The van der Waals surface area contributed by atoms with E-state index in [1.54, 1.807) is 0 Å². The van der Waals surface area contributed by atoms with E-state index in [-0.39, 0.29) is 0 Å². The summed E-state index contributed by atoms with van der Waals surface area (Å²) in [5, 5.41) is 3.15. The predicted molar refractivity (Wildman–Crippen MR) is 45.8 cm³/mol. The number of hydrogen-bond donors (Lipinski definition) is 1. The maximum atomic E-state index is 3.15. The summed E-state index contributed by atoms with van der Waals surface area (Å²) < 4.78 is 0. The fourth-order valence-electron chi connectivity index (χ4n) is 0.869. The molecule has 0 radical (unpaired) electrons. The van der Waals surface area contributed by atoms with Crippen molar-refractivity contribution in [3.05, 3.63) is 0 Å². The lowest BCUT2D eigenvalue weighted by molar-refractivity contribution is 0.363. The molecule has 0 saturated carbocycles. The van der Waals surface area contributed by atoms with Gasteiger partial charge in [-0.05, 0) is 19.4 Å². The van der Waals surface area contributed by atoms with Crippen LogP contribution in [0.5, 0.6) is 0 Å². The zero-order chi connectivity index (χ0) is 8.04. The Kier molecular flexibility index (Phi) is 4.14.